The summed E-state index contributed by atoms with van der Waals surface area (Å²) in [6.45, 7) is 5.21. The van der Waals surface area contributed by atoms with E-state index in [0.717, 1.165) is 5.56 Å². The Morgan fingerprint density at radius 2 is 2.00 bits per heavy atom. The van der Waals surface area contributed by atoms with Gasteiger partial charge in [-0.2, -0.15) is 0 Å². The van der Waals surface area contributed by atoms with Gasteiger partial charge in [-0.15, -0.1) is 12.4 Å². The standard InChI is InChI=1S/C14H23N3O3S.ClH/c1-4-21(19,20)17-13-7-6-12(9-10(13)2)16-14(18)8-5-11(3)15;/h6-7,9,11,17H,4-5,8,15H2,1-3H3,(H,16,18);1H. The minimum atomic E-state index is -3.30. The summed E-state index contributed by atoms with van der Waals surface area (Å²) in [5, 5.41) is 2.77. The zero-order chi connectivity index (χ0) is 16.0. The molecular formula is C14H24ClN3O3S. The number of aryl methyl sites for hydroxylation is 1. The van der Waals surface area contributed by atoms with Crippen molar-refractivity contribution in [2.45, 2.75) is 39.7 Å². The molecule has 0 aliphatic heterocycles. The SMILES string of the molecule is CCS(=O)(=O)Nc1ccc(NC(=O)CCC(C)N)cc1C.Cl. The van der Waals surface area contributed by atoms with Gasteiger partial charge in [-0.3, -0.25) is 9.52 Å². The molecule has 4 N–H and O–H groups in total. The van der Waals surface area contributed by atoms with Crippen LogP contribution in [-0.4, -0.2) is 26.1 Å². The van der Waals surface area contributed by atoms with E-state index in [1.54, 1.807) is 32.0 Å². The van der Waals surface area contributed by atoms with E-state index in [-0.39, 0.29) is 30.1 Å². The highest BCUT2D eigenvalue weighted by Crippen LogP contribution is 2.21. The van der Waals surface area contributed by atoms with Gasteiger partial charge in [0.25, 0.3) is 0 Å². The van der Waals surface area contributed by atoms with Crippen molar-refractivity contribution in [3.63, 3.8) is 0 Å². The molecule has 8 heteroatoms. The van der Waals surface area contributed by atoms with E-state index in [0.29, 0.717) is 24.2 Å². The average Bonchev–Trinajstić information content (AvgIpc) is 2.39. The molecule has 1 aromatic rings. The molecule has 1 amide bonds. The number of sulfonamides is 1. The fourth-order valence-corrected chi connectivity index (χ4v) is 2.39. The number of hydrogen-bond acceptors (Lipinski definition) is 4. The van der Waals surface area contributed by atoms with Crippen LogP contribution in [0.25, 0.3) is 0 Å². The van der Waals surface area contributed by atoms with Crippen molar-refractivity contribution in [1.82, 2.24) is 0 Å². The lowest BCUT2D eigenvalue weighted by molar-refractivity contribution is -0.116. The second-order valence-corrected chi connectivity index (χ2v) is 7.11. The monoisotopic (exact) mass is 349 g/mol. The van der Waals surface area contributed by atoms with Gasteiger partial charge in [0.2, 0.25) is 15.9 Å². The van der Waals surface area contributed by atoms with E-state index in [9.17, 15) is 13.2 Å². The van der Waals surface area contributed by atoms with E-state index in [4.69, 9.17) is 5.73 Å². The Labute approximate surface area is 138 Å². The summed E-state index contributed by atoms with van der Waals surface area (Å²) >= 11 is 0. The number of benzene rings is 1. The normalized spacial score (nSPS) is 12.2. The Hall–Kier alpha value is -1.31. The van der Waals surface area contributed by atoms with Crippen molar-refractivity contribution in [2.75, 3.05) is 15.8 Å². The zero-order valence-electron chi connectivity index (χ0n) is 13.0. The molecule has 6 nitrogen and oxygen atoms in total. The number of halogens is 1. The third kappa shape index (κ3) is 7.11. The molecule has 1 rings (SSSR count). The second-order valence-electron chi connectivity index (χ2n) is 5.10. The molecule has 0 saturated carbocycles. The fraction of sp³-hybridized carbons (Fsp3) is 0.500. The maximum Gasteiger partial charge on any atom is 0.232 e. The van der Waals surface area contributed by atoms with E-state index in [2.05, 4.69) is 10.0 Å². The number of hydrogen-bond donors (Lipinski definition) is 3. The van der Waals surface area contributed by atoms with Crippen LogP contribution >= 0.6 is 12.4 Å². The van der Waals surface area contributed by atoms with Crippen LogP contribution in [0.15, 0.2) is 18.2 Å². The van der Waals surface area contributed by atoms with Gasteiger partial charge in [-0.1, -0.05) is 0 Å². The van der Waals surface area contributed by atoms with E-state index >= 15 is 0 Å². The largest absolute Gasteiger partial charge is 0.328 e. The average molecular weight is 350 g/mol. The molecule has 126 valence electrons. The zero-order valence-corrected chi connectivity index (χ0v) is 14.7. The van der Waals surface area contributed by atoms with Crippen molar-refractivity contribution < 1.29 is 13.2 Å². The molecule has 1 atom stereocenters. The number of amides is 1. The molecule has 22 heavy (non-hydrogen) atoms. The second kappa shape index (κ2) is 8.97. The molecule has 0 aliphatic carbocycles. The summed E-state index contributed by atoms with van der Waals surface area (Å²) in [7, 11) is -3.30. The third-order valence-electron chi connectivity index (χ3n) is 2.98. The van der Waals surface area contributed by atoms with Crippen LogP contribution in [0.3, 0.4) is 0 Å². The number of anilines is 2. The first-order chi connectivity index (χ1) is 9.73. The predicted molar refractivity (Wildman–Crippen MR) is 93.0 cm³/mol. The van der Waals surface area contributed by atoms with Crippen molar-refractivity contribution in [2.24, 2.45) is 5.73 Å². The van der Waals surface area contributed by atoms with Gasteiger partial charge in [0.05, 0.1) is 11.4 Å². The maximum atomic E-state index is 11.7. The summed E-state index contributed by atoms with van der Waals surface area (Å²) in [5.41, 5.74) is 7.51. The Morgan fingerprint density at radius 3 is 2.50 bits per heavy atom. The maximum absolute atomic E-state index is 11.7. The molecule has 1 aromatic carbocycles. The van der Waals surface area contributed by atoms with Gasteiger partial charge in [0.15, 0.2) is 0 Å². The first-order valence-corrected chi connectivity index (χ1v) is 8.55. The molecule has 0 aliphatic rings. The fourth-order valence-electron chi connectivity index (χ4n) is 1.68. The first-order valence-electron chi connectivity index (χ1n) is 6.90. The van der Waals surface area contributed by atoms with Gasteiger partial charge in [-0.25, -0.2) is 8.42 Å². The molecule has 1 unspecified atom stereocenters. The summed E-state index contributed by atoms with van der Waals surface area (Å²) in [4.78, 5) is 11.7. The number of carbonyl (C=O) groups excluding carboxylic acids is 1. The van der Waals surface area contributed by atoms with Crippen LogP contribution in [0.4, 0.5) is 11.4 Å². The van der Waals surface area contributed by atoms with Crippen LogP contribution in [0.1, 0.15) is 32.3 Å². The predicted octanol–water partition coefficient (Wildman–Crippen LogP) is 2.24. The number of nitrogens with one attached hydrogen (secondary N) is 2. The molecule has 0 aromatic heterocycles. The van der Waals surface area contributed by atoms with Gasteiger partial charge in [-0.05, 0) is 51.0 Å². The Balaban J connectivity index is 0.00000441. The Bertz CT molecular complexity index is 603. The van der Waals surface area contributed by atoms with Gasteiger partial charge >= 0.3 is 0 Å². The van der Waals surface area contributed by atoms with Crippen molar-refractivity contribution >= 4 is 39.7 Å². The van der Waals surface area contributed by atoms with Crippen molar-refractivity contribution in [3.8, 4) is 0 Å². The summed E-state index contributed by atoms with van der Waals surface area (Å²) in [6.07, 6.45) is 0.986. The van der Waals surface area contributed by atoms with E-state index in [1.807, 2.05) is 6.92 Å². The number of nitrogens with two attached hydrogens (primary N) is 1. The minimum absolute atomic E-state index is 0. The smallest absolute Gasteiger partial charge is 0.232 e. The third-order valence-corrected chi connectivity index (χ3v) is 4.27. The molecule has 0 saturated heterocycles. The van der Waals surface area contributed by atoms with E-state index in [1.165, 1.54) is 0 Å². The number of carbonyl (C=O) groups is 1. The molecule has 0 radical (unpaired) electrons. The van der Waals surface area contributed by atoms with Crippen LogP contribution in [0, 0.1) is 6.92 Å². The van der Waals surface area contributed by atoms with Crippen LogP contribution in [0.5, 0.6) is 0 Å². The highest BCUT2D eigenvalue weighted by atomic mass is 35.5. The van der Waals surface area contributed by atoms with Gasteiger partial charge < -0.3 is 11.1 Å². The molecule has 0 heterocycles. The van der Waals surface area contributed by atoms with Gasteiger partial charge in [0, 0.05) is 18.2 Å². The van der Waals surface area contributed by atoms with E-state index < -0.39 is 10.0 Å². The first kappa shape index (κ1) is 20.7. The van der Waals surface area contributed by atoms with Crippen LogP contribution in [-0.2, 0) is 14.8 Å². The van der Waals surface area contributed by atoms with Crippen molar-refractivity contribution in [1.29, 1.82) is 0 Å². The Kier molecular flexibility index (Phi) is 8.44. The van der Waals surface area contributed by atoms with Gasteiger partial charge in [0.1, 0.15) is 0 Å². The lowest BCUT2D eigenvalue weighted by Crippen LogP contribution is -2.19. The van der Waals surface area contributed by atoms with Crippen LogP contribution in [0.2, 0.25) is 0 Å². The highest BCUT2D eigenvalue weighted by Gasteiger charge is 2.10. The topological polar surface area (TPSA) is 101 Å². The number of rotatable bonds is 7. The molecular weight excluding hydrogens is 326 g/mol. The molecule has 0 fully saturated rings. The summed E-state index contributed by atoms with van der Waals surface area (Å²) in [5.74, 6) is -0.0871. The Morgan fingerprint density at radius 1 is 1.36 bits per heavy atom. The molecule has 0 bridgehead atoms. The lowest BCUT2D eigenvalue weighted by Gasteiger charge is -2.12. The minimum Gasteiger partial charge on any atom is -0.328 e. The summed E-state index contributed by atoms with van der Waals surface area (Å²) < 4.78 is 25.6. The lowest BCUT2D eigenvalue weighted by atomic mass is 10.1. The molecule has 0 spiro atoms. The van der Waals surface area contributed by atoms with Crippen LogP contribution < -0.4 is 15.8 Å². The quantitative estimate of drug-likeness (QED) is 0.702. The highest BCUT2D eigenvalue weighted by molar-refractivity contribution is 7.92. The summed E-state index contributed by atoms with van der Waals surface area (Å²) in [6, 6.07) is 5.04. The van der Waals surface area contributed by atoms with Crippen molar-refractivity contribution in [3.05, 3.63) is 23.8 Å².